The first-order chi connectivity index (χ1) is 8.01. The van der Waals surface area contributed by atoms with Gasteiger partial charge in [0, 0.05) is 24.9 Å². The summed E-state index contributed by atoms with van der Waals surface area (Å²) in [5.74, 6) is -0.246. The zero-order valence-electron chi connectivity index (χ0n) is 9.13. The maximum absolute atomic E-state index is 12.0. The number of anilines is 1. The van der Waals surface area contributed by atoms with Crippen LogP contribution in [0.15, 0.2) is 24.3 Å². The van der Waals surface area contributed by atoms with Crippen molar-refractivity contribution in [2.45, 2.75) is 19.2 Å². The van der Waals surface area contributed by atoms with Crippen molar-refractivity contribution in [3.63, 3.8) is 0 Å². The number of aliphatic hydroxyl groups excluding tert-OH is 1. The standard InChI is InChI=1S/C11H14F3NO2/c12-11(13,14)17-10-5-3-4-9(8-10)15-6-1-2-7-16/h3-5,8,15-16H,1-2,6-7H2. The van der Waals surface area contributed by atoms with Gasteiger partial charge < -0.3 is 15.2 Å². The summed E-state index contributed by atoms with van der Waals surface area (Å²) < 4.78 is 39.7. The number of ether oxygens (including phenoxy) is 1. The van der Waals surface area contributed by atoms with E-state index in [4.69, 9.17) is 5.11 Å². The molecule has 1 aromatic carbocycles. The third-order valence-electron chi connectivity index (χ3n) is 1.98. The van der Waals surface area contributed by atoms with Crippen LogP contribution in [0, 0.1) is 0 Å². The second kappa shape index (κ2) is 6.34. The fraction of sp³-hybridized carbons (Fsp3) is 0.455. The first kappa shape index (κ1) is 13.6. The fourth-order valence-electron chi connectivity index (χ4n) is 1.27. The van der Waals surface area contributed by atoms with Crippen molar-refractivity contribution in [1.29, 1.82) is 0 Å². The van der Waals surface area contributed by atoms with E-state index in [1.165, 1.54) is 18.2 Å². The smallest absolute Gasteiger partial charge is 0.406 e. The van der Waals surface area contributed by atoms with E-state index < -0.39 is 6.36 Å². The molecule has 0 amide bonds. The highest BCUT2D eigenvalue weighted by Gasteiger charge is 2.31. The summed E-state index contributed by atoms with van der Waals surface area (Å²) >= 11 is 0. The lowest BCUT2D eigenvalue weighted by molar-refractivity contribution is -0.274. The van der Waals surface area contributed by atoms with Crippen LogP contribution in [-0.4, -0.2) is 24.6 Å². The topological polar surface area (TPSA) is 41.5 Å². The van der Waals surface area contributed by atoms with Crippen molar-refractivity contribution in [1.82, 2.24) is 0 Å². The summed E-state index contributed by atoms with van der Waals surface area (Å²) in [6, 6.07) is 5.66. The molecule has 0 saturated carbocycles. The molecule has 0 spiro atoms. The lowest BCUT2D eigenvalue weighted by Gasteiger charge is -2.11. The largest absolute Gasteiger partial charge is 0.573 e. The van der Waals surface area contributed by atoms with E-state index in [1.54, 1.807) is 6.07 Å². The third-order valence-corrected chi connectivity index (χ3v) is 1.98. The quantitative estimate of drug-likeness (QED) is 0.762. The Bertz CT molecular complexity index is 342. The predicted octanol–water partition coefficient (Wildman–Crippen LogP) is 2.77. The molecule has 0 bridgehead atoms. The van der Waals surface area contributed by atoms with Gasteiger partial charge in [-0.2, -0.15) is 0 Å². The van der Waals surface area contributed by atoms with Gasteiger partial charge in [-0.1, -0.05) is 6.07 Å². The van der Waals surface area contributed by atoms with E-state index >= 15 is 0 Å². The van der Waals surface area contributed by atoms with Crippen LogP contribution in [0.2, 0.25) is 0 Å². The van der Waals surface area contributed by atoms with Crippen LogP contribution < -0.4 is 10.1 Å². The van der Waals surface area contributed by atoms with E-state index in [0.717, 1.165) is 6.42 Å². The lowest BCUT2D eigenvalue weighted by atomic mass is 10.2. The van der Waals surface area contributed by atoms with Crippen molar-refractivity contribution in [3.8, 4) is 5.75 Å². The molecule has 96 valence electrons. The molecule has 6 heteroatoms. The van der Waals surface area contributed by atoms with Crippen LogP contribution in [0.3, 0.4) is 0 Å². The summed E-state index contributed by atoms with van der Waals surface area (Å²) in [5, 5.41) is 11.5. The van der Waals surface area contributed by atoms with E-state index in [1.807, 2.05) is 0 Å². The number of unbranched alkanes of at least 4 members (excludes halogenated alkanes) is 1. The number of hydrogen-bond donors (Lipinski definition) is 2. The van der Waals surface area contributed by atoms with Crippen LogP contribution in [0.25, 0.3) is 0 Å². The molecule has 0 saturated heterocycles. The first-order valence-electron chi connectivity index (χ1n) is 5.22. The molecular weight excluding hydrogens is 235 g/mol. The van der Waals surface area contributed by atoms with Gasteiger partial charge >= 0.3 is 6.36 Å². The van der Waals surface area contributed by atoms with E-state index in [9.17, 15) is 13.2 Å². The molecule has 1 aromatic rings. The van der Waals surface area contributed by atoms with Gasteiger partial charge in [0.15, 0.2) is 0 Å². The van der Waals surface area contributed by atoms with Crippen LogP contribution in [0.1, 0.15) is 12.8 Å². The predicted molar refractivity (Wildman–Crippen MR) is 57.9 cm³/mol. The molecule has 0 unspecified atom stereocenters. The minimum Gasteiger partial charge on any atom is -0.406 e. The van der Waals surface area contributed by atoms with Gasteiger partial charge in [0.1, 0.15) is 5.75 Å². The number of alkyl halides is 3. The SMILES string of the molecule is OCCCCNc1cccc(OC(F)(F)F)c1. The summed E-state index contributed by atoms with van der Waals surface area (Å²) in [7, 11) is 0. The molecule has 0 aliphatic rings. The van der Waals surface area contributed by atoms with Crippen molar-refractivity contribution in [2.75, 3.05) is 18.5 Å². The molecule has 17 heavy (non-hydrogen) atoms. The third kappa shape index (κ3) is 6.01. The first-order valence-corrected chi connectivity index (χ1v) is 5.22. The van der Waals surface area contributed by atoms with Crippen molar-refractivity contribution < 1.29 is 23.0 Å². The van der Waals surface area contributed by atoms with Gasteiger partial charge in [0.2, 0.25) is 0 Å². The zero-order valence-corrected chi connectivity index (χ0v) is 9.13. The highest BCUT2D eigenvalue weighted by Crippen LogP contribution is 2.24. The highest BCUT2D eigenvalue weighted by atomic mass is 19.4. The average Bonchev–Trinajstić information content (AvgIpc) is 2.23. The Labute approximate surface area is 97.2 Å². The van der Waals surface area contributed by atoms with Crippen molar-refractivity contribution >= 4 is 5.69 Å². The van der Waals surface area contributed by atoms with Crippen LogP contribution in [0.4, 0.5) is 18.9 Å². The Balaban J connectivity index is 2.48. The molecule has 0 aromatic heterocycles. The van der Waals surface area contributed by atoms with Crippen LogP contribution >= 0.6 is 0 Å². The molecule has 0 aliphatic heterocycles. The van der Waals surface area contributed by atoms with E-state index in [-0.39, 0.29) is 12.4 Å². The Morgan fingerprint density at radius 2 is 2.00 bits per heavy atom. The van der Waals surface area contributed by atoms with Gasteiger partial charge in [-0.25, -0.2) is 0 Å². The molecule has 3 nitrogen and oxygen atoms in total. The number of benzene rings is 1. The summed E-state index contributed by atoms with van der Waals surface area (Å²) in [6.45, 7) is 0.703. The van der Waals surface area contributed by atoms with Crippen molar-refractivity contribution in [2.24, 2.45) is 0 Å². The Morgan fingerprint density at radius 1 is 1.24 bits per heavy atom. The molecule has 0 atom stereocenters. The number of rotatable bonds is 6. The lowest BCUT2D eigenvalue weighted by Crippen LogP contribution is -2.17. The number of hydrogen-bond acceptors (Lipinski definition) is 3. The molecule has 0 aliphatic carbocycles. The highest BCUT2D eigenvalue weighted by molar-refractivity contribution is 5.48. The molecular formula is C11H14F3NO2. The van der Waals surface area contributed by atoms with Gasteiger partial charge in [0.05, 0.1) is 0 Å². The fourth-order valence-corrected chi connectivity index (χ4v) is 1.27. The second-order valence-electron chi connectivity index (χ2n) is 3.43. The molecule has 2 N–H and O–H groups in total. The maximum Gasteiger partial charge on any atom is 0.573 e. The van der Waals surface area contributed by atoms with Crippen LogP contribution in [-0.2, 0) is 0 Å². The second-order valence-corrected chi connectivity index (χ2v) is 3.43. The van der Waals surface area contributed by atoms with E-state index in [0.29, 0.717) is 18.7 Å². The maximum atomic E-state index is 12.0. The Kier molecular flexibility index (Phi) is 5.09. The number of halogens is 3. The summed E-state index contributed by atoms with van der Waals surface area (Å²) in [6.07, 6.45) is -3.26. The van der Waals surface area contributed by atoms with Gasteiger partial charge in [0.25, 0.3) is 0 Å². The summed E-state index contributed by atoms with van der Waals surface area (Å²) in [4.78, 5) is 0. The van der Waals surface area contributed by atoms with Gasteiger partial charge in [-0.15, -0.1) is 13.2 Å². The van der Waals surface area contributed by atoms with Gasteiger partial charge in [-0.05, 0) is 25.0 Å². The Morgan fingerprint density at radius 3 is 2.65 bits per heavy atom. The average molecular weight is 249 g/mol. The Hall–Kier alpha value is -1.43. The molecule has 0 radical (unpaired) electrons. The van der Waals surface area contributed by atoms with Crippen LogP contribution in [0.5, 0.6) is 5.75 Å². The van der Waals surface area contributed by atoms with Gasteiger partial charge in [-0.3, -0.25) is 0 Å². The molecule has 0 fully saturated rings. The normalized spacial score (nSPS) is 11.3. The minimum atomic E-state index is -4.67. The molecule has 0 heterocycles. The monoisotopic (exact) mass is 249 g/mol. The van der Waals surface area contributed by atoms with E-state index in [2.05, 4.69) is 10.1 Å². The zero-order chi connectivity index (χ0) is 12.7. The summed E-state index contributed by atoms with van der Waals surface area (Å²) in [5.41, 5.74) is 0.560. The van der Waals surface area contributed by atoms with Crippen molar-refractivity contribution in [3.05, 3.63) is 24.3 Å². The number of nitrogens with one attached hydrogen (secondary N) is 1. The minimum absolute atomic E-state index is 0.110. The number of aliphatic hydroxyl groups is 1. The molecule has 1 rings (SSSR count).